The lowest BCUT2D eigenvalue weighted by Crippen LogP contribution is -2.40. The Bertz CT molecular complexity index is 164. The largest absolute Gasteiger partial charge is 0.394 e. The Balaban J connectivity index is 2.53. The predicted molar refractivity (Wildman–Crippen MR) is 37.0 cm³/mol. The minimum atomic E-state index is -1.19. The van der Waals surface area contributed by atoms with E-state index in [0.717, 1.165) is 0 Å². The van der Waals surface area contributed by atoms with E-state index in [1.807, 2.05) is 0 Å². The summed E-state index contributed by atoms with van der Waals surface area (Å²) in [6, 6.07) is 0. The van der Waals surface area contributed by atoms with E-state index < -0.39 is 31.1 Å². The summed E-state index contributed by atoms with van der Waals surface area (Å²) in [5.74, 6) is 0. The van der Waals surface area contributed by atoms with Gasteiger partial charge in [0, 0.05) is 0 Å². The van der Waals surface area contributed by atoms with Gasteiger partial charge in [-0.1, -0.05) is 0 Å². The molecule has 4 atom stereocenters. The van der Waals surface area contributed by atoms with Gasteiger partial charge in [0.25, 0.3) is 0 Å². The van der Waals surface area contributed by atoms with Crippen LogP contribution in [0.25, 0.3) is 0 Å². The zero-order valence-electron chi connectivity index (χ0n) is 6.25. The maximum atomic E-state index is 9.96. The molecule has 70 valence electrons. The average molecular weight is 177 g/mol. The molecule has 0 radical (unpaired) electrons. The van der Waals surface area contributed by atoms with Crippen LogP contribution in [-0.4, -0.2) is 52.9 Å². The molecule has 6 heteroatoms. The van der Waals surface area contributed by atoms with Crippen LogP contribution in [0.3, 0.4) is 0 Å². The molecule has 0 saturated carbocycles. The molecule has 1 amide bonds. The van der Waals surface area contributed by atoms with Gasteiger partial charge in [0.2, 0.25) is 6.41 Å². The number of carbonyl (C=O) groups is 1. The summed E-state index contributed by atoms with van der Waals surface area (Å²) in [7, 11) is 0. The Morgan fingerprint density at radius 2 is 2.08 bits per heavy atom. The fourth-order valence-corrected chi connectivity index (χ4v) is 1.10. The van der Waals surface area contributed by atoms with Crippen LogP contribution < -0.4 is 5.32 Å². The first-order chi connectivity index (χ1) is 5.70. The summed E-state index contributed by atoms with van der Waals surface area (Å²) in [5.41, 5.74) is 0. The van der Waals surface area contributed by atoms with Crippen LogP contribution in [0.2, 0.25) is 0 Å². The molecule has 1 aliphatic rings. The molecule has 1 saturated heterocycles. The minimum Gasteiger partial charge on any atom is -0.394 e. The van der Waals surface area contributed by atoms with Crippen molar-refractivity contribution in [3.8, 4) is 0 Å². The Kier molecular flexibility index (Phi) is 2.99. The quantitative estimate of drug-likeness (QED) is 0.348. The molecule has 0 bridgehead atoms. The minimum absolute atomic E-state index is 0.361. The number of hydrogen-bond acceptors (Lipinski definition) is 5. The fraction of sp³-hybridized carbons (Fsp3) is 0.833. The van der Waals surface area contributed by atoms with Crippen molar-refractivity contribution in [3.63, 3.8) is 0 Å². The summed E-state index contributed by atoms with van der Waals surface area (Å²) in [6.45, 7) is -0.394. The number of rotatable bonds is 3. The van der Waals surface area contributed by atoms with Crippen LogP contribution in [0, 0.1) is 0 Å². The Hall–Kier alpha value is -0.690. The molecule has 1 heterocycles. The highest BCUT2D eigenvalue weighted by molar-refractivity contribution is 5.46. The van der Waals surface area contributed by atoms with Gasteiger partial charge in [-0.25, -0.2) is 0 Å². The monoisotopic (exact) mass is 177 g/mol. The number of aliphatic hydroxyl groups excluding tert-OH is 3. The molecule has 0 unspecified atom stereocenters. The predicted octanol–water partition coefficient (Wildman–Crippen LogP) is -2.83. The van der Waals surface area contributed by atoms with Crippen molar-refractivity contribution < 1.29 is 24.9 Å². The van der Waals surface area contributed by atoms with Crippen molar-refractivity contribution in [1.82, 2.24) is 5.32 Å². The van der Waals surface area contributed by atoms with E-state index in [-0.39, 0.29) is 0 Å². The Morgan fingerprint density at radius 1 is 1.42 bits per heavy atom. The number of ether oxygens (including phenoxy) is 1. The van der Waals surface area contributed by atoms with E-state index in [2.05, 4.69) is 5.32 Å². The second-order valence-electron chi connectivity index (χ2n) is 2.54. The van der Waals surface area contributed by atoms with Gasteiger partial charge in [-0.05, 0) is 0 Å². The number of hydrogen-bond donors (Lipinski definition) is 4. The van der Waals surface area contributed by atoms with Crippen LogP contribution in [0.1, 0.15) is 0 Å². The maximum absolute atomic E-state index is 9.96. The SMILES string of the molecule is O=CN[C@@H]1O[C@H](CO)[C@@H](O)[C@H]1O. The van der Waals surface area contributed by atoms with Crippen molar-refractivity contribution in [2.75, 3.05) is 6.61 Å². The molecule has 1 fully saturated rings. The molecule has 0 aromatic carbocycles. The number of aliphatic hydroxyl groups is 3. The van der Waals surface area contributed by atoms with Crippen molar-refractivity contribution in [1.29, 1.82) is 0 Å². The van der Waals surface area contributed by atoms with Crippen LogP contribution in [0.4, 0.5) is 0 Å². The third-order valence-corrected chi connectivity index (χ3v) is 1.77. The second-order valence-corrected chi connectivity index (χ2v) is 2.54. The standard InChI is InChI=1S/C6H11NO5/c8-1-3-4(10)5(11)6(12-3)7-2-9/h2-6,8,10-11H,1H2,(H,7,9)/t3-,4-,5-,6-/m1/s1. The summed E-state index contributed by atoms with van der Waals surface area (Å²) in [4.78, 5) is 9.96. The van der Waals surface area contributed by atoms with Crippen molar-refractivity contribution in [2.24, 2.45) is 0 Å². The van der Waals surface area contributed by atoms with Gasteiger partial charge >= 0.3 is 0 Å². The van der Waals surface area contributed by atoms with E-state index in [1.54, 1.807) is 0 Å². The number of nitrogens with one attached hydrogen (secondary N) is 1. The first kappa shape index (κ1) is 9.40. The topological polar surface area (TPSA) is 99.0 Å². The number of amides is 1. The van der Waals surface area contributed by atoms with Crippen LogP contribution in [-0.2, 0) is 9.53 Å². The first-order valence-electron chi connectivity index (χ1n) is 3.53. The van der Waals surface area contributed by atoms with Crippen LogP contribution in [0.5, 0.6) is 0 Å². The van der Waals surface area contributed by atoms with Crippen LogP contribution >= 0.6 is 0 Å². The fourth-order valence-electron chi connectivity index (χ4n) is 1.10. The van der Waals surface area contributed by atoms with Gasteiger partial charge in [0.05, 0.1) is 6.61 Å². The van der Waals surface area contributed by atoms with Crippen molar-refractivity contribution in [2.45, 2.75) is 24.5 Å². The van der Waals surface area contributed by atoms with Gasteiger partial charge in [-0.2, -0.15) is 0 Å². The van der Waals surface area contributed by atoms with Gasteiger partial charge in [-0.15, -0.1) is 0 Å². The summed E-state index contributed by atoms with van der Waals surface area (Å²) < 4.78 is 4.88. The van der Waals surface area contributed by atoms with Crippen molar-refractivity contribution >= 4 is 6.41 Å². The lowest BCUT2D eigenvalue weighted by atomic mass is 10.1. The van der Waals surface area contributed by atoms with Gasteiger partial charge in [-0.3, -0.25) is 4.79 Å². The zero-order chi connectivity index (χ0) is 9.14. The molecule has 0 aliphatic carbocycles. The average Bonchev–Trinajstić information content (AvgIpc) is 2.33. The molecule has 12 heavy (non-hydrogen) atoms. The molecule has 0 aromatic heterocycles. The van der Waals surface area contributed by atoms with E-state index >= 15 is 0 Å². The molecule has 0 aromatic rings. The maximum Gasteiger partial charge on any atom is 0.209 e. The first-order valence-corrected chi connectivity index (χ1v) is 3.53. The van der Waals surface area contributed by atoms with E-state index in [9.17, 15) is 9.90 Å². The van der Waals surface area contributed by atoms with Crippen LogP contribution in [0.15, 0.2) is 0 Å². The number of carbonyl (C=O) groups excluding carboxylic acids is 1. The molecule has 4 N–H and O–H groups in total. The third-order valence-electron chi connectivity index (χ3n) is 1.77. The molecule has 1 rings (SSSR count). The second kappa shape index (κ2) is 3.81. The Morgan fingerprint density at radius 3 is 2.50 bits per heavy atom. The molecular formula is C6H11NO5. The van der Waals surface area contributed by atoms with Crippen molar-refractivity contribution in [3.05, 3.63) is 0 Å². The molecule has 0 spiro atoms. The third kappa shape index (κ3) is 1.56. The Labute approximate surface area is 68.8 Å². The summed E-state index contributed by atoms with van der Waals surface area (Å²) >= 11 is 0. The van der Waals surface area contributed by atoms with E-state index in [0.29, 0.717) is 6.41 Å². The summed E-state index contributed by atoms with van der Waals surface area (Å²) in [5, 5.41) is 29.1. The van der Waals surface area contributed by atoms with Gasteiger partial charge < -0.3 is 25.4 Å². The molecule has 1 aliphatic heterocycles. The molecule has 6 nitrogen and oxygen atoms in total. The van der Waals surface area contributed by atoms with Gasteiger partial charge in [0.15, 0.2) is 6.23 Å². The highest BCUT2D eigenvalue weighted by Gasteiger charge is 2.41. The van der Waals surface area contributed by atoms with Gasteiger partial charge in [0.1, 0.15) is 18.3 Å². The van der Waals surface area contributed by atoms with E-state index in [1.165, 1.54) is 0 Å². The smallest absolute Gasteiger partial charge is 0.209 e. The summed E-state index contributed by atoms with van der Waals surface area (Å²) in [6.07, 6.45) is -3.76. The highest BCUT2D eigenvalue weighted by atomic mass is 16.6. The highest BCUT2D eigenvalue weighted by Crippen LogP contribution is 2.18. The normalized spacial score (nSPS) is 41.2. The lowest BCUT2D eigenvalue weighted by molar-refractivity contribution is -0.115. The van der Waals surface area contributed by atoms with E-state index in [4.69, 9.17) is 14.9 Å². The molecular weight excluding hydrogens is 166 g/mol. The zero-order valence-corrected chi connectivity index (χ0v) is 6.25. The lowest BCUT2D eigenvalue weighted by Gasteiger charge is -2.12.